The van der Waals surface area contributed by atoms with E-state index in [1.54, 1.807) is 35.4 Å². The van der Waals surface area contributed by atoms with E-state index in [1.165, 1.54) is 11.3 Å². The van der Waals surface area contributed by atoms with Gasteiger partial charge in [-0.05, 0) is 23.6 Å². The molecule has 0 spiro atoms. The monoisotopic (exact) mass is 345 g/mol. The minimum Gasteiger partial charge on any atom is -0.342 e. The summed E-state index contributed by atoms with van der Waals surface area (Å²) in [4.78, 5) is 30.6. The van der Waals surface area contributed by atoms with E-state index < -0.39 is 0 Å². The van der Waals surface area contributed by atoms with Gasteiger partial charge in [-0.2, -0.15) is 0 Å². The van der Waals surface area contributed by atoms with Gasteiger partial charge in [0, 0.05) is 7.05 Å². The second kappa shape index (κ2) is 6.89. The largest absolute Gasteiger partial charge is 0.342 e. The Labute approximate surface area is 141 Å². The molecule has 7 heteroatoms. The quantitative estimate of drug-likeness (QED) is 0.773. The second-order valence-electron chi connectivity index (χ2n) is 4.99. The van der Waals surface area contributed by atoms with Crippen LogP contribution in [0.15, 0.2) is 41.8 Å². The third-order valence-corrected chi connectivity index (χ3v) is 5.17. The topological polar surface area (TPSA) is 62.3 Å². The van der Waals surface area contributed by atoms with E-state index in [4.69, 9.17) is 0 Å². The third-order valence-electron chi connectivity index (χ3n) is 3.28. The fourth-order valence-electron chi connectivity index (χ4n) is 2.06. The molecule has 5 nitrogen and oxygen atoms in total. The van der Waals surface area contributed by atoms with Gasteiger partial charge in [0.2, 0.25) is 5.91 Å². The van der Waals surface area contributed by atoms with Gasteiger partial charge in [-0.1, -0.05) is 18.2 Å². The lowest BCUT2D eigenvalue weighted by molar-refractivity contribution is -0.129. The van der Waals surface area contributed by atoms with Crippen LogP contribution in [-0.2, 0) is 11.3 Å². The molecule has 1 N–H and O–H groups in total. The number of carbonyl (C=O) groups excluding carboxylic acids is 2. The number of carbonyl (C=O) groups is 2. The Balaban J connectivity index is 1.56. The summed E-state index contributed by atoms with van der Waals surface area (Å²) in [6, 6.07) is 11.4. The van der Waals surface area contributed by atoms with E-state index in [1.807, 2.05) is 29.6 Å². The smallest absolute Gasteiger partial charge is 0.261 e. The number of thiazole rings is 1. The Morgan fingerprint density at radius 2 is 2.04 bits per heavy atom. The van der Waals surface area contributed by atoms with E-state index >= 15 is 0 Å². The highest BCUT2D eigenvalue weighted by atomic mass is 32.1. The molecule has 0 fully saturated rings. The first kappa shape index (κ1) is 15.6. The molecule has 0 atom stereocenters. The molecule has 2 heterocycles. The Kier molecular flexibility index (Phi) is 4.68. The summed E-state index contributed by atoms with van der Waals surface area (Å²) < 4.78 is 1.11. The van der Waals surface area contributed by atoms with Crippen molar-refractivity contribution in [3.63, 3.8) is 0 Å². The lowest BCUT2D eigenvalue weighted by Gasteiger charge is -2.15. The van der Waals surface area contributed by atoms with Gasteiger partial charge in [-0.15, -0.1) is 22.7 Å². The van der Waals surface area contributed by atoms with Gasteiger partial charge in [-0.3, -0.25) is 9.59 Å². The van der Waals surface area contributed by atoms with Crippen molar-refractivity contribution in [2.45, 2.75) is 6.54 Å². The maximum atomic E-state index is 12.1. The molecule has 2 amide bonds. The van der Waals surface area contributed by atoms with Crippen molar-refractivity contribution in [3.05, 3.63) is 51.7 Å². The first-order chi connectivity index (χ1) is 11.1. The number of thiophene rings is 1. The van der Waals surface area contributed by atoms with Crippen LogP contribution in [0.1, 0.15) is 14.7 Å². The summed E-state index contributed by atoms with van der Waals surface area (Å²) in [5.74, 6) is -0.365. The Morgan fingerprint density at radius 1 is 1.22 bits per heavy atom. The average molecular weight is 345 g/mol. The standard InChI is InChI=1S/C16H15N3O2S2/c1-19(10-14-18-11-5-2-3-6-12(11)23-14)15(20)9-17-16(21)13-7-4-8-22-13/h2-8H,9-10H2,1H3,(H,17,21). The zero-order valence-corrected chi connectivity index (χ0v) is 14.1. The molecule has 3 rings (SSSR count). The fraction of sp³-hybridized carbons (Fsp3) is 0.188. The van der Waals surface area contributed by atoms with Crippen molar-refractivity contribution in [2.75, 3.05) is 13.6 Å². The van der Waals surface area contributed by atoms with Crippen molar-refractivity contribution >= 4 is 44.7 Å². The van der Waals surface area contributed by atoms with E-state index in [0.29, 0.717) is 11.4 Å². The molecule has 0 saturated heterocycles. The minimum atomic E-state index is -0.221. The Morgan fingerprint density at radius 3 is 2.78 bits per heavy atom. The van der Waals surface area contributed by atoms with Crippen molar-refractivity contribution in [2.24, 2.45) is 0 Å². The van der Waals surface area contributed by atoms with E-state index in [2.05, 4.69) is 10.3 Å². The molecule has 23 heavy (non-hydrogen) atoms. The van der Waals surface area contributed by atoms with Crippen molar-refractivity contribution < 1.29 is 9.59 Å². The molecule has 0 unspecified atom stereocenters. The predicted octanol–water partition coefficient (Wildman–Crippen LogP) is 2.75. The van der Waals surface area contributed by atoms with Gasteiger partial charge in [-0.25, -0.2) is 4.98 Å². The summed E-state index contributed by atoms with van der Waals surface area (Å²) in [5, 5.41) is 5.35. The highest BCUT2D eigenvalue weighted by Crippen LogP contribution is 2.22. The van der Waals surface area contributed by atoms with Crippen molar-refractivity contribution in [1.82, 2.24) is 15.2 Å². The second-order valence-corrected chi connectivity index (χ2v) is 7.05. The number of fused-ring (bicyclic) bond motifs is 1. The number of aromatic nitrogens is 1. The molecule has 0 aliphatic rings. The predicted molar refractivity (Wildman–Crippen MR) is 92.7 cm³/mol. The van der Waals surface area contributed by atoms with Crippen LogP contribution < -0.4 is 5.32 Å². The molecule has 0 aliphatic heterocycles. The molecule has 0 aliphatic carbocycles. The van der Waals surface area contributed by atoms with Crippen LogP contribution in [-0.4, -0.2) is 35.3 Å². The summed E-state index contributed by atoms with van der Waals surface area (Å²) in [6.45, 7) is 0.422. The van der Waals surface area contributed by atoms with Gasteiger partial charge in [0.25, 0.3) is 5.91 Å². The summed E-state index contributed by atoms with van der Waals surface area (Å²) in [7, 11) is 1.71. The first-order valence-corrected chi connectivity index (χ1v) is 8.73. The molecule has 3 aromatic rings. The molecule has 0 radical (unpaired) electrons. The molecule has 0 saturated carbocycles. The van der Waals surface area contributed by atoms with Crippen LogP contribution in [0.25, 0.3) is 10.2 Å². The number of amides is 2. The maximum absolute atomic E-state index is 12.1. The average Bonchev–Trinajstić information content (AvgIpc) is 3.20. The number of nitrogens with zero attached hydrogens (tertiary/aromatic N) is 2. The molecular weight excluding hydrogens is 330 g/mol. The molecule has 118 valence electrons. The molecule has 1 aromatic carbocycles. The summed E-state index contributed by atoms with van der Waals surface area (Å²) in [5.41, 5.74) is 0.944. The zero-order chi connectivity index (χ0) is 16.2. The van der Waals surface area contributed by atoms with Gasteiger partial charge in [0.15, 0.2) is 0 Å². The minimum absolute atomic E-state index is 0.0157. The Hall–Kier alpha value is -2.25. The van der Waals surface area contributed by atoms with Crippen molar-refractivity contribution in [3.8, 4) is 0 Å². The van der Waals surface area contributed by atoms with Gasteiger partial charge in [0.1, 0.15) is 5.01 Å². The number of rotatable bonds is 5. The van der Waals surface area contributed by atoms with Crippen LogP contribution in [0.3, 0.4) is 0 Å². The maximum Gasteiger partial charge on any atom is 0.261 e. The number of likely N-dealkylation sites (N-methyl/N-ethyl adjacent to an activating group) is 1. The number of hydrogen-bond donors (Lipinski definition) is 1. The number of para-hydroxylation sites is 1. The SMILES string of the molecule is CN(Cc1nc2ccccc2s1)C(=O)CNC(=O)c1cccs1. The molecule has 0 bridgehead atoms. The van der Waals surface area contributed by atoms with Crippen LogP contribution in [0.5, 0.6) is 0 Å². The van der Waals surface area contributed by atoms with E-state index in [-0.39, 0.29) is 18.4 Å². The normalized spacial score (nSPS) is 10.7. The van der Waals surface area contributed by atoms with Crippen LogP contribution >= 0.6 is 22.7 Å². The van der Waals surface area contributed by atoms with Gasteiger partial charge < -0.3 is 10.2 Å². The molecular formula is C16H15N3O2S2. The lowest BCUT2D eigenvalue weighted by Crippen LogP contribution is -2.37. The highest BCUT2D eigenvalue weighted by Gasteiger charge is 2.14. The van der Waals surface area contributed by atoms with E-state index in [9.17, 15) is 9.59 Å². The summed E-state index contributed by atoms with van der Waals surface area (Å²) in [6.07, 6.45) is 0. The fourth-order valence-corrected chi connectivity index (χ4v) is 3.73. The van der Waals surface area contributed by atoms with Crippen LogP contribution in [0.2, 0.25) is 0 Å². The van der Waals surface area contributed by atoms with Crippen LogP contribution in [0.4, 0.5) is 0 Å². The van der Waals surface area contributed by atoms with Gasteiger partial charge in [0.05, 0.1) is 28.2 Å². The van der Waals surface area contributed by atoms with Gasteiger partial charge >= 0.3 is 0 Å². The number of nitrogens with one attached hydrogen (secondary N) is 1. The molecule has 2 aromatic heterocycles. The summed E-state index contributed by atoms with van der Waals surface area (Å²) >= 11 is 2.93. The van der Waals surface area contributed by atoms with Crippen molar-refractivity contribution in [1.29, 1.82) is 0 Å². The lowest BCUT2D eigenvalue weighted by atomic mass is 10.3. The van der Waals surface area contributed by atoms with Crippen LogP contribution in [0, 0.1) is 0 Å². The number of hydrogen-bond acceptors (Lipinski definition) is 5. The number of benzene rings is 1. The third kappa shape index (κ3) is 3.75. The highest BCUT2D eigenvalue weighted by molar-refractivity contribution is 7.18. The Bertz CT molecular complexity index is 794. The first-order valence-electron chi connectivity index (χ1n) is 7.03. The zero-order valence-electron chi connectivity index (χ0n) is 12.5. The van der Waals surface area contributed by atoms with E-state index in [0.717, 1.165) is 15.2 Å².